The van der Waals surface area contributed by atoms with Gasteiger partial charge in [-0.25, -0.2) is 9.37 Å². The van der Waals surface area contributed by atoms with Crippen molar-refractivity contribution in [2.75, 3.05) is 37.6 Å². The molecule has 3 N–H and O–H groups in total. The number of ether oxygens (including phenoxy) is 1. The Kier molecular flexibility index (Phi) is 5.91. The number of carbonyl (C=O) groups is 1. The standard InChI is InChI=1S/C20H21F4N5O3/c21-13-2-1-3-14(6-13)32-16-7-15(20(22,23)24)27-18(28-16)29-5-4-19(31,11-29)10-26-17(30)12-8-25-9-12/h1-3,6-7,12,25,31H,4-5,8-11H2,(H,26,30). The van der Waals surface area contributed by atoms with Gasteiger partial charge < -0.3 is 25.4 Å². The Hall–Kier alpha value is -2.99. The van der Waals surface area contributed by atoms with E-state index in [0.29, 0.717) is 19.2 Å². The van der Waals surface area contributed by atoms with Gasteiger partial charge in [0, 0.05) is 38.3 Å². The number of carbonyl (C=O) groups excluding carboxylic acids is 1. The summed E-state index contributed by atoms with van der Waals surface area (Å²) in [5.74, 6) is -1.65. The summed E-state index contributed by atoms with van der Waals surface area (Å²) in [4.78, 5) is 21.0. The van der Waals surface area contributed by atoms with Crippen LogP contribution < -0.4 is 20.3 Å². The van der Waals surface area contributed by atoms with E-state index in [2.05, 4.69) is 20.6 Å². The van der Waals surface area contributed by atoms with Crippen LogP contribution in [0.1, 0.15) is 12.1 Å². The van der Waals surface area contributed by atoms with Crippen LogP contribution in [0.5, 0.6) is 11.6 Å². The van der Waals surface area contributed by atoms with Crippen LogP contribution in [0.15, 0.2) is 30.3 Å². The van der Waals surface area contributed by atoms with Crippen LogP contribution in [-0.2, 0) is 11.0 Å². The van der Waals surface area contributed by atoms with E-state index in [1.165, 1.54) is 23.1 Å². The molecule has 0 saturated carbocycles. The van der Waals surface area contributed by atoms with Crippen LogP contribution >= 0.6 is 0 Å². The molecule has 0 radical (unpaired) electrons. The minimum absolute atomic E-state index is 0.0195. The summed E-state index contributed by atoms with van der Waals surface area (Å²) in [5.41, 5.74) is -2.57. The highest BCUT2D eigenvalue weighted by molar-refractivity contribution is 5.80. The van der Waals surface area contributed by atoms with E-state index in [-0.39, 0.29) is 49.6 Å². The predicted octanol–water partition coefficient (Wildman–Crippen LogP) is 1.70. The average molecular weight is 455 g/mol. The summed E-state index contributed by atoms with van der Waals surface area (Å²) in [6, 6.07) is 5.55. The molecule has 2 aliphatic rings. The van der Waals surface area contributed by atoms with E-state index in [0.717, 1.165) is 6.07 Å². The number of nitrogens with one attached hydrogen (secondary N) is 2. The molecule has 0 bridgehead atoms. The molecule has 2 fully saturated rings. The van der Waals surface area contributed by atoms with Crippen LogP contribution in [0, 0.1) is 11.7 Å². The number of hydrogen-bond donors (Lipinski definition) is 3. The van der Waals surface area contributed by atoms with Crippen molar-refractivity contribution in [2.45, 2.75) is 18.2 Å². The fourth-order valence-electron chi connectivity index (χ4n) is 3.44. The number of halogens is 4. The van der Waals surface area contributed by atoms with Gasteiger partial charge >= 0.3 is 6.18 Å². The molecule has 4 rings (SSSR count). The quantitative estimate of drug-likeness (QED) is 0.571. The lowest BCUT2D eigenvalue weighted by molar-refractivity contribution is -0.141. The molecule has 3 heterocycles. The Labute approximate surface area is 180 Å². The number of alkyl halides is 3. The topological polar surface area (TPSA) is 99.6 Å². The first-order chi connectivity index (χ1) is 15.1. The summed E-state index contributed by atoms with van der Waals surface area (Å²) in [6.45, 7) is 1.21. The van der Waals surface area contributed by atoms with E-state index in [1.807, 2.05) is 0 Å². The van der Waals surface area contributed by atoms with E-state index in [1.54, 1.807) is 0 Å². The van der Waals surface area contributed by atoms with Gasteiger partial charge in [-0.05, 0) is 18.6 Å². The Balaban J connectivity index is 1.51. The maximum absolute atomic E-state index is 13.4. The first kappa shape index (κ1) is 22.2. The van der Waals surface area contributed by atoms with Gasteiger partial charge in [-0.2, -0.15) is 18.2 Å². The maximum atomic E-state index is 13.4. The summed E-state index contributed by atoms with van der Waals surface area (Å²) in [6.07, 6.45) is -4.56. The second kappa shape index (κ2) is 8.51. The number of aromatic nitrogens is 2. The number of hydrogen-bond acceptors (Lipinski definition) is 7. The molecule has 8 nitrogen and oxygen atoms in total. The largest absolute Gasteiger partial charge is 0.439 e. The molecule has 12 heteroatoms. The molecule has 1 aromatic heterocycles. The number of rotatable bonds is 6. The van der Waals surface area contributed by atoms with E-state index in [4.69, 9.17) is 4.74 Å². The third-order valence-corrected chi connectivity index (χ3v) is 5.36. The third-order valence-electron chi connectivity index (χ3n) is 5.36. The van der Waals surface area contributed by atoms with Crippen molar-refractivity contribution in [1.29, 1.82) is 0 Å². The van der Waals surface area contributed by atoms with Gasteiger partial charge in [0.25, 0.3) is 0 Å². The summed E-state index contributed by atoms with van der Waals surface area (Å²) in [5, 5.41) is 16.5. The minimum Gasteiger partial charge on any atom is -0.439 e. The molecule has 2 aromatic rings. The van der Waals surface area contributed by atoms with Crippen LogP contribution in [-0.4, -0.2) is 59.3 Å². The molecule has 1 aromatic carbocycles. The number of aliphatic hydroxyl groups is 1. The highest BCUT2D eigenvalue weighted by Gasteiger charge is 2.40. The lowest BCUT2D eigenvalue weighted by Crippen LogP contribution is -2.54. The molecule has 0 aliphatic carbocycles. The SMILES string of the molecule is O=C(NCC1(O)CCN(c2nc(Oc3cccc(F)c3)cc(C(F)(F)F)n2)C1)C1CNC1. The third kappa shape index (κ3) is 5.07. The van der Waals surface area contributed by atoms with Crippen molar-refractivity contribution in [1.82, 2.24) is 20.6 Å². The van der Waals surface area contributed by atoms with Crippen molar-refractivity contribution in [3.8, 4) is 11.6 Å². The zero-order valence-corrected chi connectivity index (χ0v) is 16.8. The number of β-amino-alcohol motifs (C(OH)–C–C–N with tert-alkyl or cyclic N) is 1. The van der Waals surface area contributed by atoms with Gasteiger partial charge in [-0.1, -0.05) is 6.07 Å². The lowest BCUT2D eigenvalue weighted by atomic mass is 10.0. The Morgan fingerprint density at radius 2 is 2.09 bits per heavy atom. The van der Waals surface area contributed by atoms with Crippen LogP contribution in [0.3, 0.4) is 0 Å². The molecular formula is C20H21F4N5O3. The fraction of sp³-hybridized carbons (Fsp3) is 0.450. The number of anilines is 1. The molecule has 1 unspecified atom stereocenters. The predicted molar refractivity (Wildman–Crippen MR) is 105 cm³/mol. The van der Waals surface area contributed by atoms with Crippen molar-refractivity contribution in [3.63, 3.8) is 0 Å². The molecule has 1 amide bonds. The lowest BCUT2D eigenvalue weighted by Gasteiger charge is -2.29. The molecule has 2 aliphatic heterocycles. The molecular weight excluding hydrogens is 434 g/mol. The molecule has 1 atom stereocenters. The molecule has 2 saturated heterocycles. The summed E-state index contributed by atoms with van der Waals surface area (Å²) >= 11 is 0. The van der Waals surface area contributed by atoms with Gasteiger partial charge in [0.05, 0.1) is 12.5 Å². The van der Waals surface area contributed by atoms with E-state index >= 15 is 0 Å². The number of amides is 1. The van der Waals surface area contributed by atoms with E-state index in [9.17, 15) is 27.5 Å². The first-order valence-corrected chi connectivity index (χ1v) is 9.97. The number of benzene rings is 1. The first-order valence-electron chi connectivity index (χ1n) is 9.97. The smallest absolute Gasteiger partial charge is 0.433 e. The van der Waals surface area contributed by atoms with Gasteiger partial charge in [-0.15, -0.1) is 0 Å². The van der Waals surface area contributed by atoms with E-state index < -0.39 is 29.2 Å². The fourth-order valence-corrected chi connectivity index (χ4v) is 3.44. The van der Waals surface area contributed by atoms with Crippen molar-refractivity contribution in [3.05, 3.63) is 41.8 Å². The average Bonchev–Trinajstić information content (AvgIpc) is 3.07. The van der Waals surface area contributed by atoms with Gasteiger partial charge in [0.2, 0.25) is 17.7 Å². The van der Waals surface area contributed by atoms with Gasteiger partial charge in [0.15, 0.2) is 5.69 Å². The molecule has 32 heavy (non-hydrogen) atoms. The van der Waals surface area contributed by atoms with Crippen LogP contribution in [0.4, 0.5) is 23.5 Å². The van der Waals surface area contributed by atoms with Crippen molar-refractivity contribution < 1.29 is 32.2 Å². The monoisotopic (exact) mass is 455 g/mol. The number of nitrogens with zero attached hydrogens (tertiary/aromatic N) is 3. The van der Waals surface area contributed by atoms with Crippen molar-refractivity contribution >= 4 is 11.9 Å². The second-order valence-electron chi connectivity index (χ2n) is 7.92. The Morgan fingerprint density at radius 3 is 2.75 bits per heavy atom. The normalized spacial score (nSPS) is 21.3. The molecule has 0 spiro atoms. The van der Waals surface area contributed by atoms with Gasteiger partial charge in [0.1, 0.15) is 17.2 Å². The second-order valence-corrected chi connectivity index (χ2v) is 7.92. The Bertz CT molecular complexity index is 1000. The zero-order chi connectivity index (χ0) is 22.9. The highest BCUT2D eigenvalue weighted by atomic mass is 19.4. The highest BCUT2D eigenvalue weighted by Crippen LogP contribution is 2.34. The minimum atomic E-state index is -4.77. The van der Waals surface area contributed by atoms with Crippen molar-refractivity contribution in [2.24, 2.45) is 5.92 Å². The van der Waals surface area contributed by atoms with Crippen LogP contribution in [0.25, 0.3) is 0 Å². The van der Waals surface area contributed by atoms with Crippen LogP contribution in [0.2, 0.25) is 0 Å². The maximum Gasteiger partial charge on any atom is 0.433 e. The van der Waals surface area contributed by atoms with Gasteiger partial charge in [-0.3, -0.25) is 4.79 Å². The Morgan fingerprint density at radius 1 is 1.31 bits per heavy atom. The summed E-state index contributed by atoms with van der Waals surface area (Å²) < 4.78 is 58.9. The molecule has 172 valence electrons. The summed E-state index contributed by atoms with van der Waals surface area (Å²) in [7, 11) is 0. The zero-order valence-electron chi connectivity index (χ0n) is 16.8.